The molecule has 0 aromatic heterocycles. The third-order valence-corrected chi connectivity index (χ3v) is 9.95. The molecule has 1 saturated heterocycles. The Hall–Kier alpha value is -4.30. The van der Waals surface area contributed by atoms with E-state index in [9.17, 15) is 14.7 Å². The molecular weight excluding hydrogens is 610 g/mol. The maximum absolute atomic E-state index is 13.9. The lowest BCUT2D eigenvalue weighted by atomic mass is 9.81. The molecule has 5 rings (SSSR count). The van der Waals surface area contributed by atoms with Gasteiger partial charge in [-0.1, -0.05) is 98.8 Å². The van der Waals surface area contributed by atoms with Crippen molar-refractivity contribution in [3.8, 4) is 0 Å². The van der Waals surface area contributed by atoms with E-state index in [1.54, 1.807) is 24.1 Å². The summed E-state index contributed by atoms with van der Waals surface area (Å²) in [6.45, 7) is 9.81. The monoisotopic (exact) mass is 661 g/mol. The predicted molar refractivity (Wildman–Crippen MR) is 196 cm³/mol. The van der Waals surface area contributed by atoms with Crippen LogP contribution in [0, 0.1) is 6.92 Å². The minimum Gasteiger partial charge on any atom is -0.390 e. The molecule has 3 atom stereocenters. The number of hydrogen-bond donors (Lipinski definition) is 3. The molecule has 2 amide bonds. The molecule has 0 unspecified atom stereocenters. The minimum absolute atomic E-state index is 0.142. The highest BCUT2D eigenvalue weighted by atomic mass is 16.5. The molecule has 4 aromatic carbocycles. The van der Waals surface area contributed by atoms with Crippen molar-refractivity contribution in [2.75, 3.05) is 26.8 Å². The maximum atomic E-state index is 13.9. The highest BCUT2D eigenvalue weighted by molar-refractivity contribution is 6.00. The van der Waals surface area contributed by atoms with Crippen LogP contribution in [0.15, 0.2) is 103 Å². The summed E-state index contributed by atoms with van der Waals surface area (Å²) in [5.74, 6) is -0.0950. The highest BCUT2D eigenvalue weighted by Gasteiger charge is 2.36. The van der Waals surface area contributed by atoms with Crippen molar-refractivity contribution < 1.29 is 19.4 Å². The second-order valence-corrected chi connectivity index (χ2v) is 13.8. The van der Waals surface area contributed by atoms with Crippen LogP contribution in [0.5, 0.6) is 0 Å². The third-order valence-electron chi connectivity index (χ3n) is 9.95. The van der Waals surface area contributed by atoms with Crippen LogP contribution >= 0.6 is 0 Å². The van der Waals surface area contributed by atoms with Gasteiger partial charge in [0.1, 0.15) is 0 Å². The zero-order valence-corrected chi connectivity index (χ0v) is 29.5. The Morgan fingerprint density at radius 2 is 1.47 bits per heavy atom. The van der Waals surface area contributed by atoms with Gasteiger partial charge in [0.05, 0.1) is 18.2 Å². The molecule has 49 heavy (non-hydrogen) atoms. The molecule has 258 valence electrons. The van der Waals surface area contributed by atoms with Gasteiger partial charge < -0.3 is 25.4 Å². The van der Waals surface area contributed by atoms with E-state index in [0.717, 1.165) is 29.5 Å². The van der Waals surface area contributed by atoms with E-state index in [0.29, 0.717) is 36.7 Å². The summed E-state index contributed by atoms with van der Waals surface area (Å²) < 4.78 is 5.76. The molecule has 0 saturated carbocycles. The Bertz CT molecular complexity index is 1680. The average Bonchev–Trinajstić information content (AvgIpc) is 3.13. The van der Waals surface area contributed by atoms with Gasteiger partial charge in [-0.05, 0) is 85.0 Å². The van der Waals surface area contributed by atoms with Crippen LogP contribution in [0.1, 0.15) is 94.1 Å². The number of aryl methyl sites for hydroxylation is 1. The molecule has 1 heterocycles. The number of amides is 2. The molecule has 3 N–H and O–H groups in total. The number of aliphatic hydroxyl groups is 1. The van der Waals surface area contributed by atoms with E-state index in [-0.39, 0.29) is 29.9 Å². The fraction of sp³-hybridized carbons (Fsp3) is 0.381. The topological polar surface area (TPSA) is 90.9 Å². The number of benzene rings is 4. The van der Waals surface area contributed by atoms with Gasteiger partial charge in [0.25, 0.3) is 11.8 Å². The Balaban J connectivity index is 1.36. The maximum Gasteiger partial charge on any atom is 0.254 e. The Morgan fingerprint density at radius 3 is 2.14 bits per heavy atom. The summed E-state index contributed by atoms with van der Waals surface area (Å²) in [4.78, 5) is 29.2. The Morgan fingerprint density at radius 1 is 0.837 bits per heavy atom. The summed E-state index contributed by atoms with van der Waals surface area (Å²) in [6, 6.07) is 33.0. The van der Waals surface area contributed by atoms with Crippen LogP contribution in [-0.4, -0.2) is 60.8 Å². The van der Waals surface area contributed by atoms with E-state index in [1.807, 2.05) is 80.6 Å². The zero-order valence-electron chi connectivity index (χ0n) is 29.5. The first-order valence-electron chi connectivity index (χ1n) is 17.5. The third kappa shape index (κ3) is 9.04. The number of carbonyl (C=O) groups is 2. The fourth-order valence-corrected chi connectivity index (χ4v) is 6.70. The summed E-state index contributed by atoms with van der Waals surface area (Å²) in [7, 11) is 1.78. The summed E-state index contributed by atoms with van der Waals surface area (Å²) in [5, 5.41) is 18.6. The van der Waals surface area contributed by atoms with Crippen LogP contribution in [-0.2, 0) is 16.7 Å². The molecular formula is C42H51N3O4. The number of nitrogens with one attached hydrogen (secondary N) is 2. The number of rotatable bonds is 13. The van der Waals surface area contributed by atoms with Crippen molar-refractivity contribution in [3.05, 3.63) is 142 Å². The van der Waals surface area contributed by atoms with Crippen molar-refractivity contribution >= 4 is 11.8 Å². The van der Waals surface area contributed by atoms with E-state index < -0.39 is 12.1 Å². The molecule has 7 nitrogen and oxygen atoms in total. The Labute approximate surface area is 291 Å². The van der Waals surface area contributed by atoms with Gasteiger partial charge in [-0.2, -0.15) is 0 Å². The molecule has 1 aliphatic rings. The van der Waals surface area contributed by atoms with Crippen molar-refractivity contribution in [2.45, 2.75) is 76.6 Å². The van der Waals surface area contributed by atoms with E-state index in [1.165, 1.54) is 11.1 Å². The molecule has 0 aliphatic carbocycles. The second kappa shape index (κ2) is 16.4. The van der Waals surface area contributed by atoms with E-state index >= 15 is 0 Å². The van der Waals surface area contributed by atoms with Gasteiger partial charge in [-0.3, -0.25) is 9.59 Å². The van der Waals surface area contributed by atoms with Crippen molar-refractivity contribution in [1.29, 1.82) is 0 Å². The molecule has 0 spiro atoms. The number of ether oxygens (including phenoxy) is 1. The molecule has 0 radical (unpaired) electrons. The van der Waals surface area contributed by atoms with Crippen LogP contribution in [0.25, 0.3) is 0 Å². The summed E-state index contributed by atoms with van der Waals surface area (Å²) >= 11 is 0. The highest BCUT2D eigenvalue weighted by Crippen LogP contribution is 2.34. The van der Waals surface area contributed by atoms with Crippen molar-refractivity contribution in [2.24, 2.45) is 0 Å². The number of nitrogens with zero attached hydrogens (tertiary/aromatic N) is 1. The normalized spacial score (nSPS) is 16.1. The Kier molecular flexibility index (Phi) is 12.0. The van der Waals surface area contributed by atoms with Gasteiger partial charge in [0.15, 0.2) is 0 Å². The van der Waals surface area contributed by atoms with E-state index in [4.69, 9.17) is 4.74 Å². The number of hydrogen-bond acceptors (Lipinski definition) is 5. The first kappa shape index (κ1) is 36.0. The lowest BCUT2D eigenvalue weighted by Crippen LogP contribution is -2.54. The van der Waals surface area contributed by atoms with Gasteiger partial charge in [0.2, 0.25) is 0 Å². The molecule has 4 aromatic rings. The average molecular weight is 662 g/mol. The standard InChI is InChI=1S/C42H51N3O4/c1-29(2)34-17-12-18-37(27-34)42(19-21-49-22-20-42)43-28-39(46)38(25-32-13-8-6-9-14-32)44-40(47)35-23-30(3)24-36(26-35)41(48)45(5)31(4)33-15-10-7-11-16-33/h6-18,23-24,26-27,29,31,38-39,43,46H,19-22,25,28H2,1-5H3,(H,44,47)/t31-,38+,39-/m1/s1. The quantitative estimate of drug-likeness (QED) is 0.144. The summed E-state index contributed by atoms with van der Waals surface area (Å²) in [6.07, 6.45) is 1.13. The van der Waals surface area contributed by atoms with E-state index in [2.05, 4.69) is 48.7 Å². The first-order chi connectivity index (χ1) is 23.6. The summed E-state index contributed by atoms with van der Waals surface area (Å²) in [5.41, 5.74) is 5.80. The number of carbonyl (C=O) groups excluding carboxylic acids is 2. The molecule has 0 bridgehead atoms. The van der Waals surface area contributed by atoms with Crippen LogP contribution < -0.4 is 10.6 Å². The smallest absolute Gasteiger partial charge is 0.254 e. The molecule has 1 fully saturated rings. The van der Waals surface area contributed by atoms with Gasteiger partial charge in [-0.25, -0.2) is 0 Å². The molecule has 7 heteroatoms. The lowest BCUT2D eigenvalue weighted by molar-refractivity contribution is 0.0267. The number of aliphatic hydroxyl groups excluding tert-OH is 1. The predicted octanol–water partition coefficient (Wildman–Crippen LogP) is 6.95. The largest absolute Gasteiger partial charge is 0.390 e. The fourth-order valence-electron chi connectivity index (χ4n) is 6.70. The van der Waals surface area contributed by atoms with Gasteiger partial charge in [0, 0.05) is 43.5 Å². The molecule has 1 aliphatic heterocycles. The van der Waals surface area contributed by atoms with Crippen molar-refractivity contribution in [3.63, 3.8) is 0 Å². The lowest BCUT2D eigenvalue weighted by Gasteiger charge is -2.40. The van der Waals surface area contributed by atoms with Gasteiger partial charge >= 0.3 is 0 Å². The van der Waals surface area contributed by atoms with Crippen molar-refractivity contribution in [1.82, 2.24) is 15.5 Å². The SMILES string of the molecule is Cc1cc(C(=O)N[C@@H](Cc2ccccc2)[C@H](O)CNC2(c3cccc(C(C)C)c3)CCOCC2)cc(C(=O)N(C)[C@H](C)c2ccccc2)c1. The first-order valence-corrected chi connectivity index (χ1v) is 17.5. The second-order valence-electron chi connectivity index (χ2n) is 13.8. The van der Waals surface area contributed by atoms with Gasteiger partial charge in [-0.15, -0.1) is 0 Å². The van der Waals surface area contributed by atoms with Crippen LogP contribution in [0.3, 0.4) is 0 Å². The zero-order chi connectivity index (χ0) is 35.0. The minimum atomic E-state index is -0.888. The van der Waals surface area contributed by atoms with Crippen LogP contribution in [0.2, 0.25) is 0 Å². The van der Waals surface area contributed by atoms with Crippen LogP contribution in [0.4, 0.5) is 0 Å².